The largest absolute Gasteiger partial charge is 0.504 e. The van der Waals surface area contributed by atoms with Gasteiger partial charge in [0, 0.05) is 44.8 Å². The quantitative estimate of drug-likeness (QED) is 0.693. The average Bonchev–Trinajstić information content (AvgIpc) is 3.00. The maximum absolute atomic E-state index is 12.8. The Balaban J connectivity index is 0.00000139. The summed E-state index contributed by atoms with van der Waals surface area (Å²) in [6, 6.07) is 7.04. The van der Waals surface area contributed by atoms with Crippen LogP contribution in [0.2, 0.25) is 0 Å². The van der Waals surface area contributed by atoms with E-state index >= 15 is 0 Å². The summed E-state index contributed by atoms with van der Waals surface area (Å²) >= 11 is 0.880. The van der Waals surface area contributed by atoms with Crippen molar-refractivity contribution >= 4 is 38.2 Å². The number of sulfonamides is 1. The molecule has 0 saturated carbocycles. The number of rotatable bonds is 2. The van der Waals surface area contributed by atoms with Gasteiger partial charge >= 0.3 is 0 Å². The van der Waals surface area contributed by atoms with Crippen LogP contribution in [-0.4, -0.2) is 28.8 Å². The molecule has 2 aromatic rings. The number of aliphatic hydroxyl groups excluding tert-OH is 1. The van der Waals surface area contributed by atoms with E-state index in [1.54, 1.807) is 32.0 Å². The molecule has 0 fully saturated rings. The molecule has 1 N–H and O–H groups in total. The molecule has 3 rings (SSSR count). The first-order valence-electron chi connectivity index (χ1n) is 7.33. The second kappa shape index (κ2) is 9.76. The van der Waals surface area contributed by atoms with Crippen molar-refractivity contribution in [1.82, 2.24) is 8.75 Å². The summed E-state index contributed by atoms with van der Waals surface area (Å²) in [6.45, 7) is 7.75. The number of benzene rings is 1. The van der Waals surface area contributed by atoms with Crippen LogP contribution in [-0.2, 0) is 42.7 Å². The van der Waals surface area contributed by atoms with Gasteiger partial charge in [0.2, 0.25) is 0 Å². The normalized spacial score (nSPS) is 14.5. The summed E-state index contributed by atoms with van der Waals surface area (Å²) in [5.74, 6) is -0.143. The smallest absolute Gasteiger partial charge is 0.269 e. The minimum Gasteiger partial charge on any atom is -0.504 e. The monoisotopic (exact) mass is 457 g/mol. The topological polar surface area (TPSA) is 83.4 Å². The van der Waals surface area contributed by atoms with Gasteiger partial charge in [-0.15, -0.1) is 0 Å². The van der Waals surface area contributed by atoms with E-state index in [1.165, 1.54) is 4.31 Å². The third-order valence-corrected chi connectivity index (χ3v) is 5.83. The predicted molar refractivity (Wildman–Crippen MR) is 100 cm³/mol. The molecule has 1 aliphatic heterocycles. The second-order valence-electron chi connectivity index (χ2n) is 4.60. The van der Waals surface area contributed by atoms with E-state index in [9.17, 15) is 13.5 Å². The zero-order chi connectivity index (χ0) is 17.2. The first-order chi connectivity index (χ1) is 11.0. The molecule has 0 atom stereocenters. The SMILES string of the molecule is CC.CCN1c2nsnc2C(O)=C(c2ccccc2C)S1(=O)=O.[CH3-].[Y]. The molecule has 9 heteroatoms. The molecule has 1 aromatic carbocycles. The van der Waals surface area contributed by atoms with Crippen LogP contribution < -0.4 is 4.31 Å². The van der Waals surface area contributed by atoms with Gasteiger partial charge in [-0.25, -0.2) is 12.7 Å². The van der Waals surface area contributed by atoms with Crippen molar-refractivity contribution in [2.24, 2.45) is 0 Å². The van der Waals surface area contributed by atoms with Gasteiger partial charge in [0.05, 0.1) is 11.7 Å². The van der Waals surface area contributed by atoms with Gasteiger partial charge in [-0.1, -0.05) is 38.1 Å². The third-order valence-electron chi connectivity index (χ3n) is 3.37. The molecule has 1 radical (unpaired) electrons. The molecular formula is C16H22N3O3S2Y-. The predicted octanol–water partition coefficient (Wildman–Crippen LogP) is 3.87. The van der Waals surface area contributed by atoms with Gasteiger partial charge in [0.15, 0.2) is 17.3 Å². The number of hydrogen-bond donors (Lipinski definition) is 1. The van der Waals surface area contributed by atoms with Crippen LogP contribution >= 0.6 is 11.7 Å². The van der Waals surface area contributed by atoms with Crippen molar-refractivity contribution in [3.63, 3.8) is 0 Å². The molecule has 2 heterocycles. The Labute approximate surface area is 179 Å². The molecule has 0 amide bonds. The Morgan fingerprint density at radius 1 is 1.20 bits per heavy atom. The van der Waals surface area contributed by atoms with Crippen LogP contribution in [0.25, 0.3) is 10.7 Å². The number of aliphatic hydroxyl groups is 1. The summed E-state index contributed by atoms with van der Waals surface area (Å²) in [5.41, 5.74) is 1.47. The van der Waals surface area contributed by atoms with Gasteiger partial charge in [-0.2, -0.15) is 8.75 Å². The van der Waals surface area contributed by atoms with Gasteiger partial charge in [-0.3, -0.25) is 0 Å². The molecule has 0 saturated heterocycles. The van der Waals surface area contributed by atoms with E-state index in [2.05, 4.69) is 8.75 Å². The van der Waals surface area contributed by atoms with E-state index in [0.717, 1.165) is 17.3 Å². The molecule has 6 nitrogen and oxygen atoms in total. The molecule has 1 aliphatic rings. The van der Waals surface area contributed by atoms with Crippen LogP contribution in [0.3, 0.4) is 0 Å². The molecule has 0 unspecified atom stereocenters. The summed E-state index contributed by atoms with van der Waals surface area (Å²) in [4.78, 5) is -0.109. The Morgan fingerprint density at radius 3 is 2.36 bits per heavy atom. The van der Waals surface area contributed by atoms with Crippen molar-refractivity contribution in [3.05, 3.63) is 48.5 Å². The van der Waals surface area contributed by atoms with E-state index in [0.29, 0.717) is 5.56 Å². The molecule has 135 valence electrons. The van der Waals surface area contributed by atoms with E-state index in [1.807, 2.05) is 19.9 Å². The molecule has 0 bridgehead atoms. The number of anilines is 1. The van der Waals surface area contributed by atoms with E-state index in [4.69, 9.17) is 0 Å². The zero-order valence-corrected chi connectivity index (χ0v) is 19.5. The Kier molecular flexibility index (Phi) is 9.43. The van der Waals surface area contributed by atoms with Gasteiger partial charge in [0.1, 0.15) is 4.91 Å². The molecular weight excluding hydrogens is 435 g/mol. The Hall–Kier alpha value is -0.826. The Morgan fingerprint density at radius 2 is 1.80 bits per heavy atom. The number of hydrogen-bond acceptors (Lipinski definition) is 6. The minimum atomic E-state index is -3.86. The van der Waals surface area contributed by atoms with Crippen LogP contribution in [0, 0.1) is 14.4 Å². The van der Waals surface area contributed by atoms with Gasteiger partial charge < -0.3 is 12.5 Å². The number of nitrogens with zero attached hydrogens (tertiary/aromatic N) is 3. The maximum atomic E-state index is 12.8. The van der Waals surface area contributed by atoms with E-state index < -0.39 is 10.0 Å². The summed E-state index contributed by atoms with van der Waals surface area (Å²) in [5, 5.41) is 10.4. The third kappa shape index (κ3) is 4.13. The van der Waals surface area contributed by atoms with Crippen molar-refractivity contribution in [3.8, 4) is 0 Å². The summed E-state index contributed by atoms with van der Waals surface area (Å²) in [7, 11) is -3.86. The minimum absolute atomic E-state index is 0. The summed E-state index contributed by atoms with van der Waals surface area (Å²) in [6.07, 6.45) is 0. The number of fused-ring (bicyclic) bond motifs is 1. The number of aryl methyl sites for hydroxylation is 1. The van der Waals surface area contributed by atoms with Crippen LogP contribution in [0.1, 0.15) is 37.6 Å². The first-order valence-corrected chi connectivity index (χ1v) is 9.50. The number of aromatic nitrogens is 2. The zero-order valence-electron chi connectivity index (χ0n) is 15.0. The van der Waals surface area contributed by atoms with Crippen molar-refractivity contribution in [1.29, 1.82) is 0 Å². The molecule has 0 spiro atoms. The standard InChI is InChI=1S/C13H13N3O3S2.C2H6.CH3.Y/c1-3-16-13-10(14-20-15-13)11(17)12(21(16,18)19)9-7-5-4-6-8(9)2;1-2;;/h4-7,17H,3H2,1-2H3;1-2H3;1H3;/q;;-1;. The van der Waals surface area contributed by atoms with Crippen LogP contribution in [0.5, 0.6) is 0 Å². The van der Waals surface area contributed by atoms with Crippen LogP contribution in [0.15, 0.2) is 24.3 Å². The molecule has 25 heavy (non-hydrogen) atoms. The van der Waals surface area contributed by atoms with Crippen molar-refractivity contribution in [2.75, 3.05) is 10.8 Å². The fourth-order valence-corrected chi connectivity index (χ4v) is 4.73. The maximum Gasteiger partial charge on any atom is 0.269 e. The van der Waals surface area contributed by atoms with Crippen LogP contribution in [0.4, 0.5) is 5.82 Å². The fourth-order valence-electron chi connectivity index (χ4n) is 2.36. The molecule has 1 aromatic heterocycles. The fraction of sp³-hybridized carbons (Fsp3) is 0.312. The second-order valence-corrected chi connectivity index (χ2v) is 6.93. The van der Waals surface area contributed by atoms with Gasteiger partial charge in [0.25, 0.3) is 10.0 Å². The van der Waals surface area contributed by atoms with E-state index in [-0.39, 0.29) is 68.9 Å². The van der Waals surface area contributed by atoms with Gasteiger partial charge in [-0.05, 0) is 19.4 Å². The first kappa shape index (κ1) is 24.2. The van der Waals surface area contributed by atoms with Crippen molar-refractivity contribution < 1.29 is 46.2 Å². The average molecular weight is 457 g/mol. The molecule has 0 aliphatic carbocycles. The Bertz CT molecular complexity index is 848. The summed E-state index contributed by atoms with van der Waals surface area (Å²) < 4.78 is 34.8. The van der Waals surface area contributed by atoms with Crippen molar-refractivity contribution in [2.45, 2.75) is 27.7 Å².